The smallest absolute Gasteiger partial charge is 0.270 e. The minimum absolute atomic E-state index is 0.125. The third kappa shape index (κ3) is 4.93. The Kier molecular flexibility index (Phi) is 7.48. The second-order valence-corrected chi connectivity index (χ2v) is 11.2. The van der Waals surface area contributed by atoms with Crippen LogP contribution >= 0.6 is 24.0 Å². The molecule has 2 fully saturated rings. The SMILES string of the molecule is CCn1c(N2CC(C)CC(C)C2)c(/C=C2/SC(=S)N(Cc3ccccc3)C2=O)c(C)c(C#N)c1=O. The van der Waals surface area contributed by atoms with E-state index < -0.39 is 0 Å². The fraction of sp³-hybridized carbons (Fsp3) is 0.407. The zero-order chi connectivity index (χ0) is 25.3. The Labute approximate surface area is 216 Å². The van der Waals surface area contributed by atoms with E-state index in [2.05, 4.69) is 24.8 Å². The number of aromatic nitrogens is 1. The predicted molar refractivity (Wildman–Crippen MR) is 146 cm³/mol. The second-order valence-electron chi connectivity index (χ2n) is 9.50. The molecular formula is C27H30N4O2S2. The largest absolute Gasteiger partial charge is 0.357 e. The summed E-state index contributed by atoms with van der Waals surface area (Å²) >= 11 is 6.83. The van der Waals surface area contributed by atoms with Gasteiger partial charge in [-0.05, 0) is 49.3 Å². The maximum Gasteiger partial charge on any atom is 0.270 e. The minimum Gasteiger partial charge on any atom is -0.357 e. The van der Waals surface area contributed by atoms with E-state index in [1.165, 1.54) is 11.8 Å². The Morgan fingerprint density at radius 1 is 1.17 bits per heavy atom. The average Bonchev–Trinajstić information content (AvgIpc) is 3.08. The van der Waals surface area contributed by atoms with Crippen LogP contribution in [0.1, 0.15) is 49.4 Å². The lowest BCUT2D eigenvalue weighted by Gasteiger charge is -2.38. The number of amides is 1. The molecule has 0 bridgehead atoms. The molecule has 0 N–H and O–H groups in total. The summed E-state index contributed by atoms with van der Waals surface area (Å²) in [5.41, 5.74) is 2.22. The van der Waals surface area contributed by atoms with Crippen molar-refractivity contribution in [1.29, 1.82) is 5.26 Å². The zero-order valence-electron chi connectivity index (χ0n) is 20.6. The lowest BCUT2D eigenvalue weighted by atomic mass is 9.91. The van der Waals surface area contributed by atoms with Crippen molar-refractivity contribution in [2.75, 3.05) is 18.0 Å². The van der Waals surface area contributed by atoms with Crippen LogP contribution in [-0.4, -0.2) is 32.8 Å². The number of nitriles is 1. The van der Waals surface area contributed by atoms with Gasteiger partial charge in [0.25, 0.3) is 11.5 Å². The number of anilines is 1. The number of carbonyl (C=O) groups is 1. The minimum atomic E-state index is -0.276. The van der Waals surface area contributed by atoms with Gasteiger partial charge in [-0.25, -0.2) is 0 Å². The molecular weight excluding hydrogens is 476 g/mol. The molecule has 4 rings (SSSR count). The van der Waals surface area contributed by atoms with Crippen LogP contribution in [0.2, 0.25) is 0 Å². The fourth-order valence-electron chi connectivity index (χ4n) is 5.15. The number of pyridine rings is 1. The van der Waals surface area contributed by atoms with E-state index in [0.29, 0.717) is 39.7 Å². The van der Waals surface area contributed by atoms with Crippen LogP contribution in [-0.2, 0) is 17.9 Å². The first-order valence-corrected chi connectivity index (χ1v) is 13.2. The van der Waals surface area contributed by atoms with Gasteiger partial charge in [-0.15, -0.1) is 0 Å². The number of hydrogen-bond donors (Lipinski definition) is 0. The molecule has 3 heterocycles. The number of hydrogen-bond acceptors (Lipinski definition) is 6. The number of thiocarbonyl (C=S) groups is 1. The van der Waals surface area contributed by atoms with Gasteiger partial charge in [-0.2, -0.15) is 5.26 Å². The molecule has 6 nitrogen and oxygen atoms in total. The molecule has 1 aromatic carbocycles. The molecule has 182 valence electrons. The van der Waals surface area contributed by atoms with E-state index in [-0.39, 0.29) is 17.0 Å². The molecule has 8 heteroatoms. The van der Waals surface area contributed by atoms with Gasteiger partial charge in [0.1, 0.15) is 21.8 Å². The van der Waals surface area contributed by atoms with Crippen molar-refractivity contribution in [2.24, 2.45) is 11.8 Å². The summed E-state index contributed by atoms with van der Waals surface area (Å²) in [6.45, 7) is 10.7. The summed E-state index contributed by atoms with van der Waals surface area (Å²) < 4.78 is 2.20. The number of nitrogens with zero attached hydrogens (tertiary/aromatic N) is 4. The van der Waals surface area contributed by atoms with Crippen LogP contribution < -0.4 is 10.5 Å². The predicted octanol–water partition coefficient (Wildman–Crippen LogP) is 4.93. The number of rotatable bonds is 5. The summed E-state index contributed by atoms with van der Waals surface area (Å²) in [5, 5.41) is 9.79. The van der Waals surface area contributed by atoms with Gasteiger partial charge in [0, 0.05) is 25.2 Å². The highest BCUT2D eigenvalue weighted by atomic mass is 32.2. The van der Waals surface area contributed by atoms with Crippen LogP contribution in [0, 0.1) is 30.1 Å². The summed E-state index contributed by atoms with van der Waals surface area (Å²) in [6, 6.07) is 11.9. The Bertz CT molecular complexity index is 1280. The summed E-state index contributed by atoms with van der Waals surface area (Å²) in [6.07, 6.45) is 2.97. The van der Waals surface area contributed by atoms with Crippen LogP contribution in [0.25, 0.3) is 6.08 Å². The standard InChI is InChI=1S/C27H30N4O2S2/c1-5-30-24(29-14-17(2)11-18(3)15-29)21(19(4)22(13-28)25(30)32)12-23-26(33)31(27(34)35-23)16-20-9-7-6-8-10-20/h6-10,12,17-18H,5,11,14-16H2,1-4H3/b23-12+. The highest BCUT2D eigenvalue weighted by molar-refractivity contribution is 8.26. The lowest BCUT2D eigenvalue weighted by molar-refractivity contribution is -0.122. The van der Waals surface area contributed by atoms with Gasteiger partial charge in [0.2, 0.25) is 0 Å². The average molecular weight is 507 g/mol. The number of thioether (sulfide) groups is 1. The van der Waals surface area contributed by atoms with Gasteiger partial charge in [0.05, 0.1) is 11.4 Å². The molecule has 2 unspecified atom stereocenters. The van der Waals surface area contributed by atoms with E-state index in [1.807, 2.05) is 43.3 Å². The van der Waals surface area contributed by atoms with E-state index in [4.69, 9.17) is 12.2 Å². The monoisotopic (exact) mass is 506 g/mol. The molecule has 2 aromatic rings. The van der Waals surface area contributed by atoms with Gasteiger partial charge >= 0.3 is 0 Å². The Morgan fingerprint density at radius 3 is 2.43 bits per heavy atom. The summed E-state index contributed by atoms with van der Waals surface area (Å²) in [5.74, 6) is 1.60. The molecule has 2 saturated heterocycles. The van der Waals surface area contributed by atoms with Crippen molar-refractivity contribution in [3.05, 3.63) is 67.8 Å². The van der Waals surface area contributed by atoms with E-state index >= 15 is 0 Å². The Morgan fingerprint density at radius 2 is 1.83 bits per heavy atom. The molecule has 0 spiro atoms. The number of benzene rings is 1. The Balaban J connectivity index is 1.83. The van der Waals surface area contributed by atoms with Crippen LogP contribution in [0.15, 0.2) is 40.0 Å². The molecule has 0 radical (unpaired) electrons. The molecule has 35 heavy (non-hydrogen) atoms. The van der Waals surface area contributed by atoms with Crippen molar-refractivity contribution in [3.8, 4) is 6.07 Å². The van der Waals surface area contributed by atoms with Crippen molar-refractivity contribution in [2.45, 2.75) is 47.2 Å². The summed E-state index contributed by atoms with van der Waals surface area (Å²) in [4.78, 5) is 31.0. The molecule has 0 aliphatic carbocycles. The van der Waals surface area contributed by atoms with Crippen LogP contribution in [0.5, 0.6) is 0 Å². The van der Waals surface area contributed by atoms with Crippen molar-refractivity contribution in [1.82, 2.24) is 9.47 Å². The molecule has 1 amide bonds. The fourth-order valence-corrected chi connectivity index (χ4v) is 6.38. The van der Waals surface area contributed by atoms with Crippen molar-refractivity contribution < 1.29 is 4.79 Å². The normalized spacial score (nSPS) is 21.6. The quantitative estimate of drug-likeness (QED) is 0.423. The van der Waals surface area contributed by atoms with Crippen LogP contribution in [0.3, 0.4) is 0 Å². The topological polar surface area (TPSA) is 69.3 Å². The van der Waals surface area contributed by atoms with Gasteiger partial charge in [0.15, 0.2) is 0 Å². The van der Waals surface area contributed by atoms with Gasteiger partial charge in [-0.3, -0.25) is 19.1 Å². The van der Waals surface area contributed by atoms with Crippen molar-refractivity contribution >= 4 is 46.1 Å². The molecule has 0 saturated carbocycles. The van der Waals surface area contributed by atoms with Gasteiger partial charge in [-0.1, -0.05) is 68.2 Å². The maximum absolute atomic E-state index is 13.4. The number of carbonyl (C=O) groups excluding carboxylic acids is 1. The summed E-state index contributed by atoms with van der Waals surface area (Å²) in [7, 11) is 0. The highest BCUT2D eigenvalue weighted by Crippen LogP contribution is 2.37. The number of piperidine rings is 1. The maximum atomic E-state index is 13.4. The lowest BCUT2D eigenvalue weighted by Crippen LogP contribution is -2.42. The van der Waals surface area contributed by atoms with Gasteiger partial charge < -0.3 is 4.90 Å². The first-order chi connectivity index (χ1) is 16.7. The third-order valence-electron chi connectivity index (χ3n) is 6.66. The molecule has 2 aliphatic rings. The molecule has 1 aromatic heterocycles. The second kappa shape index (κ2) is 10.4. The zero-order valence-corrected chi connectivity index (χ0v) is 22.2. The van der Waals surface area contributed by atoms with E-state index in [1.54, 1.807) is 16.4 Å². The highest BCUT2D eigenvalue weighted by Gasteiger charge is 2.34. The van der Waals surface area contributed by atoms with E-state index in [9.17, 15) is 14.9 Å². The molecule has 2 aliphatic heterocycles. The van der Waals surface area contributed by atoms with Crippen molar-refractivity contribution in [3.63, 3.8) is 0 Å². The van der Waals surface area contributed by atoms with E-state index in [0.717, 1.165) is 36.5 Å². The Hall–Kier alpha value is -2.89. The third-order valence-corrected chi connectivity index (χ3v) is 8.04. The van der Waals surface area contributed by atoms with Crippen LogP contribution in [0.4, 0.5) is 5.82 Å². The first-order valence-electron chi connectivity index (χ1n) is 12.0. The first kappa shape index (κ1) is 25.2. The molecule has 2 atom stereocenters.